The van der Waals surface area contributed by atoms with Crippen LogP contribution in [0.2, 0.25) is 0 Å². The standard InChI is InChI=1S/C16H25N/c1-4-13(5-2)11-17-16-9-8-14-7-6-12(3)10-15(14)16/h6-7,10,13,16-17H,4-5,8-9,11H2,1-3H3. The van der Waals surface area contributed by atoms with Crippen molar-refractivity contribution in [2.45, 2.75) is 52.5 Å². The van der Waals surface area contributed by atoms with Gasteiger partial charge in [-0.25, -0.2) is 0 Å². The second kappa shape index (κ2) is 5.68. The zero-order chi connectivity index (χ0) is 12.3. The lowest BCUT2D eigenvalue weighted by Crippen LogP contribution is -2.25. The van der Waals surface area contributed by atoms with Gasteiger partial charge in [0.1, 0.15) is 0 Å². The molecule has 0 aliphatic heterocycles. The molecule has 0 saturated carbocycles. The molecule has 0 heterocycles. The summed E-state index contributed by atoms with van der Waals surface area (Å²) in [5.41, 5.74) is 4.49. The summed E-state index contributed by atoms with van der Waals surface area (Å²) in [5, 5.41) is 3.77. The van der Waals surface area contributed by atoms with Crippen LogP contribution in [0.3, 0.4) is 0 Å². The molecule has 1 heteroatoms. The molecular weight excluding hydrogens is 206 g/mol. The smallest absolute Gasteiger partial charge is 0.0326 e. The lowest BCUT2D eigenvalue weighted by Gasteiger charge is -2.19. The number of hydrogen-bond acceptors (Lipinski definition) is 1. The summed E-state index contributed by atoms with van der Waals surface area (Å²) < 4.78 is 0. The molecule has 1 atom stereocenters. The van der Waals surface area contributed by atoms with Crippen LogP contribution in [0, 0.1) is 12.8 Å². The highest BCUT2D eigenvalue weighted by atomic mass is 14.9. The van der Waals surface area contributed by atoms with E-state index in [1.807, 2.05) is 0 Å². The molecule has 0 saturated heterocycles. The summed E-state index contributed by atoms with van der Waals surface area (Å²) in [6.07, 6.45) is 5.10. The number of rotatable bonds is 5. The van der Waals surface area contributed by atoms with Crippen molar-refractivity contribution in [3.05, 3.63) is 34.9 Å². The molecule has 0 spiro atoms. The molecular formula is C16H25N. The minimum absolute atomic E-state index is 0.602. The van der Waals surface area contributed by atoms with Gasteiger partial charge in [-0.1, -0.05) is 50.5 Å². The zero-order valence-corrected chi connectivity index (χ0v) is 11.4. The molecule has 1 aliphatic carbocycles. The Kier molecular flexibility index (Phi) is 4.22. The third-order valence-corrected chi connectivity index (χ3v) is 4.19. The average molecular weight is 231 g/mol. The molecule has 0 bridgehead atoms. The van der Waals surface area contributed by atoms with Crippen LogP contribution in [0.15, 0.2) is 18.2 Å². The molecule has 1 aromatic rings. The third-order valence-electron chi connectivity index (χ3n) is 4.19. The number of nitrogens with one attached hydrogen (secondary N) is 1. The first-order valence-corrected chi connectivity index (χ1v) is 7.07. The number of benzene rings is 1. The topological polar surface area (TPSA) is 12.0 Å². The predicted octanol–water partition coefficient (Wildman–Crippen LogP) is 4.01. The summed E-state index contributed by atoms with van der Waals surface area (Å²) in [5.74, 6) is 0.837. The Morgan fingerprint density at radius 1 is 1.29 bits per heavy atom. The van der Waals surface area contributed by atoms with Crippen LogP contribution in [0.5, 0.6) is 0 Å². The van der Waals surface area contributed by atoms with Crippen LogP contribution in [-0.4, -0.2) is 6.54 Å². The van der Waals surface area contributed by atoms with Gasteiger partial charge in [0.05, 0.1) is 0 Å². The van der Waals surface area contributed by atoms with E-state index in [4.69, 9.17) is 0 Å². The van der Waals surface area contributed by atoms with E-state index >= 15 is 0 Å². The van der Waals surface area contributed by atoms with Gasteiger partial charge in [-0.3, -0.25) is 0 Å². The second-order valence-corrected chi connectivity index (χ2v) is 5.38. The Hall–Kier alpha value is -0.820. The van der Waals surface area contributed by atoms with Crippen molar-refractivity contribution in [3.63, 3.8) is 0 Å². The van der Waals surface area contributed by atoms with Crippen LogP contribution in [0.1, 0.15) is 55.8 Å². The van der Waals surface area contributed by atoms with Gasteiger partial charge in [0.25, 0.3) is 0 Å². The van der Waals surface area contributed by atoms with Gasteiger partial charge < -0.3 is 5.32 Å². The van der Waals surface area contributed by atoms with Crippen molar-refractivity contribution in [2.75, 3.05) is 6.54 Å². The first-order chi connectivity index (χ1) is 8.24. The third kappa shape index (κ3) is 2.90. The Labute approximate surface area is 106 Å². The lowest BCUT2D eigenvalue weighted by atomic mass is 10.0. The van der Waals surface area contributed by atoms with Crippen molar-refractivity contribution < 1.29 is 0 Å². The molecule has 1 aromatic carbocycles. The van der Waals surface area contributed by atoms with E-state index in [-0.39, 0.29) is 0 Å². The number of aryl methyl sites for hydroxylation is 2. The molecule has 1 N–H and O–H groups in total. The van der Waals surface area contributed by atoms with Gasteiger partial charge in [0, 0.05) is 6.04 Å². The van der Waals surface area contributed by atoms with E-state index in [0.717, 1.165) is 5.92 Å². The van der Waals surface area contributed by atoms with Crippen molar-refractivity contribution >= 4 is 0 Å². The minimum atomic E-state index is 0.602. The Balaban J connectivity index is 1.99. The average Bonchev–Trinajstić information content (AvgIpc) is 2.73. The molecule has 1 nitrogen and oxygen atoms in total. The fourth-order valence-electron chi connectivity index (χ4n) is 2.82. The summed E-state index contributed by atoms with van der Waals surface area (Å²) in [7, 11) is 0. The molecule has 0 amide bonds. The van der Waals surface area contributed by atoms with Crippen molar-refractivity contribution in [1.82, 2.24) is 5.32 Å². The van der Waals surface area contributed by atoms with Crippen LogP contribution in [0.25, 0.3) is 0 Å². The first kappa shape index (κ1) is 12.6. The SMILES string of the molecule is CCC(CC)CNC1CCc2ccc(C)cc21. The van der Waals surface area contributed by atoms with E-state index in [0.29, 0.717) is 6.04 Å². The molecule has 1 aliphatic rings. The maximum Gasteiger partial charge on any atom is 0.0326 e. The largest absolute Gasteiger partial charge is 0.310 e. The monoisotopic (exact) mass is 231 g/mol. The summed E-state index contributed by atoms with van der Waals surface area (Å²) in [6, 6.07) is 7.52. The lowest BCUT2D eigenvalue weighted by molar-refractivity contribution is 0.410. The molecule has 0 radical (unpaired) electrons. The van der Waals surface area contributed by atoms with Gasteiger partial charge in [-0.2, -0.15) is 0 Å². The fraction of sp³-hybridized carbons (Fsp3) is 0.625. The predicted molar refractivity (Wildman–Crippen MR) is 74.3 cm³/mol. The van der Waals surface area contributed by atoms with Crippen LogP contribution < -0.4 is 5.32 Å². The highest BCUT2D eigenvalue weighted by Crippen LogP contribution is 2.31. The zero-order valence-electron chi connectivity index (χ0n) is 11.4. The normalized spacial score (nSPS) is 18.7. The van der Waals surface area contributed by atoms with Crippen LogP contribution in [0.4, 0.5) is 0 Å². The van der Waals surface area contributed by atoms with Crippen LogP contribution >= 0.6 is 0 Å². The van der Waals surface area contributed by atoms with E-state index < -0.39 is 0 Å². The number of fused-ring (bicyclic) bond motifs is 1. The molecule has 17 heavy (non-hydrogen) atoms. The molecule has 1 unspecified atom stereocenters. The highest BCUT2D eigenvalue weighted by Gasteiger charge is 2.22. The Bertz CT molecular complexity index is 366. The van der Waals surface area contributed by atoms with E-state index in [2.05, 4.69) is 44.3 Å². The minimum Gasteiger partial charge on any atom is -0.310 e. The summed E-state index contributed by atoms with van der Waals surface area (Å²) in [4.78, 5) is 0. The molecule has 0 aromatic heterocycles. The van der Waals surface area contributed by atoms with Gasteiger partial charge in [-0.15, -0.1) is 0 Å². The van der Waals surface area contributed by atoms with Gasteiger partial charge in [0.15, 0.2) is 0 Å². The highest BCUT2D eigenvalue weighted by molar-refractivity contribution is 5.37. The Morgan fingerprint density at radius 3 is 2.76 bits per heavy atom. The summed E-state index contributed by atoms with van der Waals surface area (Å²) in [6.45, 7) is 7.95. The van der Waals surface area contributed by atoms with E-state index in [9.17, 15) is 0 Å². The first-order valence-electron chi connectivity index (χ1n) is 7.07. The van der Waals surface area contributed by atoms with Gasteiger partial charge in [-0.05, 0) is 43.4 Å². The summed E-state index contributed by atoms with van der Waals surface area (Å²) >= 11 is 0. The van der Waals surface area contributed by atoms with Crippen molar-refractivity contribution in [2.24, 2.45) is 5.92 Å². The van der Waals surface area contributed by atoms with Crippen molar-refractivity contribution in [1.29, 1.82) is 0 Å². The van der Waals surface area contributed by atoms with E-state index in [1.165, 1.54) is 37.8 Å². The molecule has 0 fully saturated rings. The Morgan fingerprint density at radius 2 is 2.06 bits per heavy atom. The molecule has 2 rings (SSSR count). The van der Waals surface area contributed by atoms with Crippen molar-refractivity contribution in [3.8, 4) is 0 Å². The fourth-order valence-corrected chi connectivity index (χ4v) is 2.82. The maximum absolute atomic E-state index is 3.77. The second-order valence-electron chi connectivity index (χ2n) is 5.38. The van der Waals surface area contributed by atoms with Gasteiger partial charge >= 0.3 is 0 Å². The van der Waals surface area contributed by atoms with Gasteiger partial charge in [0.2, 0.25) is 0 Å². The van der Waals surface area contributed by atoms with E-state index in [1.54, 1.807) is 11.1 Å². The molecule has 94 valence electrons. The quantitative estimate of drug-likeness (QED) is 0.807. The maximum atomic E-state index is 3.77. The number of hydrogen-bond donors (Lipinski definition) is 1. The van der Waals surface area contributed by atoms with Crippen LogP contribution in [-0.2, 0) is 6.42 Å².